The number of hydrogen-bond acceptors (Lipinski definition) is 4. The van der Waals surface area contributed by atoms with Crippen LogP contribution in [0, 0.1) is 0 Å². The number of sulfonamides is 2. The van der Waals surface area contributed by atoms with Crippen LogP contribution in [0.4, 0.5) is 0 Å². The first-order valence-electron chi connectivity index (χ1n) is 5.63. The summed E-state index contributed by atoms with van der Waals surface area (Å²) in [5.74, 6) is 0. The highest BCUT2D eigenvalue weighted by atomic mass is 32.3. The Kier molecular flexibility index (Phi) is 4.66. The van der Waals surface area contributed by atoms with Crippen molar-refractivity contribution in [2.45, 2.75) is 9.79 Å². The predicted octanol–water partition coefficient (Wildman–Crippen LogP) is 2.21. The summed E-state index contributed by atoms with van der Waals surface area (Å²) >= 11 is 0.131. The van der Waals surface area contributed by atoms with Crippen molar-refractivity contribution in [1.82, 2.24) is 0 Å². The van der Waals surface area contributed by atoms with Gasteiger partial charge in [-0.3, -0.25) is 0 Å². The third-order valence-corrected chi connectivity index (χ3v) is 6.18. The van der Waals surface area contributed by atoms with Crippen LogP contribution in [0.25, 0.3) is 0 Å². The van der Waals surface area contributed by atoms with Crippen molar-refractivity contribution in [3.63, 3.8) is 0 Å². The number of nitrogens with zero attached hydrogens (tertiary/aromatic N) is 2. The van der Waals surface area contributed by atoms with Crippen LogP contribution in [-0.4, -0.2) is 16.8 Å². The van der Waals surface area contributed by atoms with Crippen LogP contribution in [0.3, 0.4) is 0 Å². The van der Waals surface area contributed by atoms with E-state index >= 15 is 0 Å². The van der Waals surface area contributed by atoms with Crippen molar-refractivity contribution in [3.05, 3.63) is 60.7 Å². The van der Waals surface area contributed by atoms with Gasteiger partial charge in [0, 0.05) is 0 Å². The minimum Gasteiger partial charge on any atom is -0.198 e. The van der Waals surface area contributed by atoms with E-state index in [1.165, 1.54) is 24.3 Å². The second-order valence-corrected chi connectivity index (χ2v) is 8.01. The van der Waals surface area contributed by atoms with Gasteiger partial charge in [-0.2, -0.15) is 16.8 Å². The highest BCUT2D eigenvalue weighted by molar-refractivity contribution is 7.97. The standard InChI is InChI=1S/C12H10N2O4S3/c15-20(16,11-7-3-1-4-8-11)13-19-14-21(17,18)12-9-5-2-6-10-12/h1-10H. The Morgan fingerprint density at radius 1 is 0.619 bits per heavy atom. The smallest absolute Gasteiger partial charge is 0.198 e. The molecule has 0 bridgehead atoms. The number of benzene rings is 2. The summed E-state index contributed by atoms with van der Waals surface area (Å²) in [7, 11) is -7.87. The van der Waals surface area contributed by atoms with Gasteiger partial charge in [-0.15, -0.1) is 0 Å². The van der Waals surface area contributed by atoms with Gasteiger partial charge in [-0.05, 0) is 24.3 Å². The predicted molar refractivity (Wildman–Crippen MR) is 79.5 cm³/mol. The molecule has 0 aliphatic carbocycles. The summed E-state index contributed by atoms with van der Waals surface area (Å²) in [4.78, 5) is -0.0466. The van der Waals surface area contributed by atoms with Crippen molar-refractivity contribution in [1.29, 1.82) is 0 Å². The molecule has 2 rings (SSSR count). The van der Waals surface area contributed by atoms with Gasteiger partial charge in [-0.1, -0.05) is 43.9 Å². The first kappa shape index (κ1) is 15.5. The molecular formula is C12H10N2O4S3. The summed E-state index contributed by atoms with van der Waals surface area (Å²) in [6, 6.07) is 15.0. The van der Waals surface area contributed by atoms with Crippen LogP contribution in [0.2, 0.25) is 0 Å². The zero-order valence-electron chi connectivity index (χ0n) is 10.5. The van der Waals surface area contributed by atoms with Gasteiger partial charge in [0.25, 0.3) is 20.0 Å². The molecule has 0 heterocycles. The lowest BCUT2D eigenvalue weighted by molar-refractivity contribution is 0.597. The monoisotopic (exact) mass is 342 g/mol. The maximum atomic E-state index is 11.8. The highest BCUT2D eigenvalue weighted by Gasteiger charge is 2.13. The summed E-state index contributed by atoms with van der Waals surface area (Å²) in [5.41, 5.74) is 0. The van der Waals surface area contributed by atoms with Gasteiger partial charge in [-0.25, -0.2) is 0 Å². The topological polar surface area (TPSA) is 93.0 Å². The molecule has 0 radical (unpaired) electrons. The van der Waals surface area contributed by atoms with Gasteiger partial charge in [0.05, 0.1) is 21.1 Å². The minimum atomic E-state index is -3.94. The molecular weight excluding hydrogens is 332 g/mol. The maximum absolute atomic E-state index is 11.8. The van der Waals surface area contributed by atoms with E-state index in [0.717, 1.165) is 0 Å². The molecule has 0 fully saturated rings. The van der Waals surface area contributed by atoms with Gasteiger partial charge in [0.1, 0.15) is 0 Å². The Labute approximate surface area is 126 Å². The average Bonchev–Trinajstić information content (AvgIpc) is 2.49. The SMILES string of the molecule is O=S(=O)(N=S=NS(=O)(=O)c1ccccc1)c1ccccc1. The lowest BCUT2D eigenvalue weighted by Crippen LogP contribution is -1.96. The summed E-state index contributed by atoms with van der Waals surface area (Å²) in [5, 5.41) is 0. The quantitative estimate of drug-likeness (QED) is 0.851. The fourth-order valence-corrected chi connectivity index (χ4v) is 4.12. The maximum Gasteiger partial charge on any atom is 0.293 e. The number of hydrogen-bond donors (Lipinski definition) is 0. The fraction of sp³-hybridized carbons (Fsp3) is 0. The molecule has 2 aromatic rings. The molecule has 0 N–H and O–H groups in total. The van der Waals surface area contributed by atoms with Gasteiger partial charge in [0.2, 0.25) is 0 Å². The molecule has 21 heavy (non-hydrogen) atoms. The largest absolute Gasteiger partial charge is 0.293 e. The molecule has 0 amide bonds. The van der Waals surface area contributed by atoms with Gasteiger partial charge >= 0.3 is 0 Å². The van der Waals surface area contributed by atoms with E-state index in [2.05, 4.69) is 7.54 Å². The van der Waals surface area contributed by atoms with Crippen molar-refractivity contribution in [3.8, 4) is 0 Å². The fourth-order valence-electron chi connectivity index (χ4n) is 1.37. The van der Waals surface area contributed by atoms with E-state index in [4.69, 9.17) is 0 Å². The van der Waals surface area contributed by atoms with Crippen LogP contribution in [0.1, 0.15) is 0 Å². The average molecular weight is 342 g/mol. The Morgan fingerprint density at radius 3 is 1.29 bits per heavy atom. The zero-order chi connectivity index (χ0) is 15.3. The zero-order valence-corrected chi connectivity index (χ0v) is 13.0. The van der Waals surface area contributed by atoms with Crippen LogP contribution in [0.5, 0.6) is 0 Å². The third-order valence-electron chi connectivity index (χ3n) is 2.35. The molecule has 0 saturated heterocycles. The van der Waals surface area contributed by atoms with E-state index in [1.54, 1.807) is 36.4 Å². The Morgan fingerprint density at radius 2 is 0.952 bits per heavy atom. The Bertz CT molecular complexity index is 813. The van der Waals surface area contributed by atoms with Crippen molar-refractivity contribution in [2.24, 2.45) is 7.54 Å². The van der Waals surface area contributed by atoms with Crippen LogP contribution < -0.4 is 0 Å². The molecule has 9 heteroatoms. The molecule has 0 spiro atoms. The molecule has 0 atom stereocenters. The molecule has 0 saturated carbocycles. The molecule has 110 valence electrons. The van der Waals surface area contributed by atoms with Crippen molar-refractivity contribution < 1.29 is 16.8 Å². The molecule has 0 unspecified atom stereocenters. The van der Waals surface area contributed by atoms with Gasteiger partial charge < -0.3 is 0 Å². The first-order chi connectivity index (χ1) is 9.92. The molecule has 6 nitrogen and oxygen atoms in total. The Hall–Kier alpha value is -1.84. The van der Waals surface area contributed by atoms with E-state index in [0.29, 0.717) is 0 Å². The molecule has 0 aromatic heterocycles. The van der Waals surface area contributed by atoms with Crippen molar-refractivity contribution in [2.75, 3.05) is 0 Å². The lowest BCUT2D eigenvalue weighted by atomic mass is 10.4. The molecule has 2 aromatic carbocycles. The molecule has 0 aliphatic heterocycles. The van der Waals surface area contributed by atoms with Crippen LogP contribution >= 0.6 is 0 Å². The second kappa shape index (κ2) is 6.29. The van der Waals surface area contributed by atoms with E-state index < -0.39 is 20.0 Å². The highest BCUT2D eigenvalue weighted by Crippen LogP contribution is 2.12. The number of rotatable bonds is 4. The van der Waals surface area contributed by atoms with E-state index in [1.807, 2.05) is 0 Å². The Balaban J connectivity index is 2.34. The van der Waals surface area contributed by atoms with Crippen LogP contribution in [-0.2, 0) is 31.4 Å². The second-order valence-electron chi connectivity index (χ2n) is 3.81. The van der Waals surface area contributed by atoms with Gasteiger partial charge in [0.15, 0.2) is 0 Å². The minimum absolute atomic E-state index is 0.0233. The lowest BCUT2D eigenvalue weighted by Gasteiger charge is -1.95. The van der Waals surface area contributed by atoms with E-state index in [9.17, 15) is 16.8 Å². The van der Waals surface area contributed by atoms with Crippen molar-refractivity contribution >= 4 is 31.4 Å². The summed E-state index contributed by atoms with van der Waals surface area (Å²) < 4.78 is 53.8. The summed E-state index contributed by atoms with van der Waals surface area (Å²) in [6.07, 6.45) is 0. The first-order valence-corrected chi connectivity index (χ1v) is 9.24. The summed E-state index contributed by atoms with van der Waals surface area (Å²) in [6.45, 7) is 0. The third kappa shape index (κ3) is 4.06. The normalized spacial score (nSPS) is 11.6. The van der Waals surface area contributed by atoms with Crippen LogP contribution in [0.15, 0.2) is 78.0 Å². The molecule has 0 aliphatic rings. The van der Waals surface area contributed by atoms with E-state index in [-0.39, 0.29) is 21.1 Å².